The lowest BCUT2D eigenvalue weighted by Gasteiger charge is -2.07. The zero-order valence-corrected chi connectivity index (χ0v) is 12.8. The first-order valence-electron chi connectivity index (χ1n) is 6.59. The molecule has 0 aliphatic carbocycles. The van der Waals surface area contributed by atoms with Crippen LogP contribution in [0.2, 0.25) is 0 Å². The molecule has 0 saturated carbocycles. The fraction of sp³-hybridized carbons (Fsp3) is 0.333. The third-order valence-electron chi connectivity index (χ3n) is 2.48. The van der Waals surface area contributed by atoms with Gasteiger partial charge in [-0.15, -0.1) is 6.58 Å². The summed E-state index contributed by atoms with van der Waals surface area (Å²) in [6, 6.07) is 7.84. The standard InChI is InChI=1S/C15H21N3OS/c1-4-10-16-15(20)18-17-12(3)13-6-8-14(9-7-13)19-11-5-2/h4,6-9H,1,5,10-11H2,2-3H3,(H2,16,18,20)/b17-12-. The van der Waals surface area contributed by atoms with E-state index in [1.165, 1.54) is 0 Å². The highest BCUT2D eigenvalue weighted by Gasteiger charge is 1.99. The molecule has 0 amide bonds. The van der Waals surface area contributed by atoms with Crippen LogP contribution in [0.5, 0.6) is 5.75 Å². The average molecular weight is 291 g/mol. The molecule has 2 N–H and O–H groups in total. The summed E-state index contributed by atoms with van der Waals surface area (Å²) < 4.78 is 5.54. The number of hydrogen-bond donors (Lipinski definition) is 2. The number of nitrogens with one attached hydrogen (secondary N) is 2. The molecule has 0 bridgehead atoms. The summed E-state index contributed by atoms with van der Waals surface area (Å²) >= 11 is 5.06. The van der Waals surface area contributed by atoms with Crippen LogP contribution in [-0.2, 0) is 0 Å². The van der Waals surface area contributed by atoms with Crippen LogP contribution in [0.25, 0.3) is 0 Å². The van der Waals surface area contributed by atoms with Crippen molar-refractivity contribution in [3.8, 4) is 5.75 Å². The normalized spacial score (nSPS) is 10.8. The minimum Gasteiger partial charge on any atom is -0.494 e. The third kappa shape index (κ3) is 5.84. The molecule has 108 valence electrons. The molecule has 1 aromatic carbocycles. The van der Waals surface area contributed by atoms with E-state index in [1.54, 1.807) is 6.08 Å². The minimum atomic E-state index is 0.479. The van der Waals surface area contributed by atoms with Crippen LogP contribution in [0, 0.1) is 0 Å². The van der Waals surface area contributed by atoms with Gasteiger partial charge in [0.2, 0.25) is 0 Å². The first kappa shape index (κ1) is 16.2. The maximum atomic E-state index is 5.54. The largest absolute Gasteiger partial charge is 0.494 e. The summed E-state index contributed by atoms with van der Waals surface area (Å²) in [5, 5.41) is 7.65. The van der Waals surface area contributed by atoms with Crippen molar-refractivity contribution in [2.24, 2.45) is 5.10 Å². The van der Waals surface area contributed by atoms with Crippen LogP contribution in [-0.4, -0.2) is 24.0 Å². The summed E-state index contributed by atoms with van der Waals surface area (Å²) in [7, 11) is 0. The highest BCUT2D eigenvalue weighted by molar-refractivity contribution is 7.80. The van der Waals surface area contributed by atoms with Crippen molar-refractivity contribution in [1.82, 2.24) is 10.7 Å². The summed E-state index contributed by atoms with van der Waals surface area (Å²) in [6.45, 7) is 8.96. The SMILES string of the molecule is C=CCNC(=S)N/N=C(/C)c1ccc(OCCC)cc1. The number of benzene rings is 1. The Kier molecular flexibility index (Phi) is 7.35. The van der Waals surface area contributed by atoms with Crippen LogP contribution in [0.4, 0.5) is 0 Å². The Hall–Kier alpha value is -1.88. The molecule has 0 aliphatic heterocycles. The molecule has 0 fully saturated rings. The van der Waals surface area contributed by atoms with Crippen LogP contribution in [0.1, 0.15) is 25.8 Å². The Bertz CT molecular complexity index is 469. The van der Waals surface area contributed by atoms with E-state index < -0.39 is 0 Å². The predicted octanol–water partition coefficient (Wildman–Crippen LogP) is 2.85. The molecule has 0 aromatic heterocycles. The second-order valence-corrected chi connectivity index (χ2v) is 4.59. The summed E-state index contributed by atoms with van der Waals surface area (Å²) in [5.74, 6) is 0.875. The number of hydrazone groups is 1. The summed E-state index contributed by atoms with van der Waals surface area (Å²) in [5.41, 5.74) is 4.67. The smallest absolute Gasteiger partial charge is 0.187 e. The Labute approximate surface area is 125 Å². The first-order chi connectivity index (χ1) is 9.67. The molecule has 1 aromatic rings. The van der Waals surface area contributed by atoms with Crippen LogP contribution < -0.4 is 15.5 Å². The average Bonchev–Trinajstić information content (AvgIpc) is 2.49. The molecule has 0 spiro atoms. The molecule has 0 unspecified atom stereocenters. The molecular weight excluding hydrogens is 270 g/mol. The Morgan fingerprint density at radius 3 is 2.70 bits per heavy atom. The zero-order valence-electron chi connectivity index (χ0n) is 12.0. The van der Waals surface area contributed by atoms with Gasteiger partial charge in [0.15, 0.2) is 5.11 Å². The van der Waals surface area contributed by atoms with E-state index in [9.17, 15) is 0 Å². The number of ether oxygens (including phenoxy) is 1. The van der Waals surface area contributed by atoms with Crippen molar-refractivity contribution in [3.63, 3.8) is 0 Å². The lowest BCUT2D eigenvalue weighted by atomic mass is 10.1. The van der Waals surface area contributed by atoms with E-state index in [2.05, 4.69) is 29.3 Å². The number of nitrogens with zero attached hydrogens (tertiary/aromatic N) is 1. The van der Waals surface area contributed by atoms with Crippen molar-refractivity contribution in [2.45, 2.75) is 20.3 Å². The van der Waals surface area contributed by atoms with Gasteiger partial charge < -0.3 is 10.1 Å². The van der Waals surface area contributed by atoms with E-state index in [-0.39, 0.29) is 0 Å². The zero-order chi connectivity index (χ0) is 14.8. The molecule has 0 atom stereocenters. The topological polar surface area (TPSA) is 45.7 Å². The number of rotatable bonds is 7. The first-order valence-corrected chi connectivity index (χ1v) is 7.00. The van der Waals surface area contributed by atoms with Gasteiger partial charge in [0.25, 0.3) is 0 Å². The highest BCUT2D eigenvalue weighted by Crippen LogP contribution is 2.12. The third-order valence-corrected chi connectivity index (χ3v) is 2.71. The van der Waals surface area contributed by atoms with Crippen LogP contribution in [0.15, 0.2) is 42.0 Å². The van der Waals surface area contributed by atoms with E-state index in [0.717, 1.165) is 30.1 Å². The molecule has 20 heavy (non-hydrogen) atoms. The quantitative estimate of drug-likeness (QED) is 0.351. The van der Waals surface area contributed by atoms with Crippen molar-refractivity contribution in [3.05, 3.63) is 42.5 Å². The Morgan fingerprint density at radius 1 is 1.40 bits per heavy atom. The second-order valence-electron chi connectivity index (χ2n) is 4.18. The lowest BCUT2D eigenvalue weighted by Crippen LogP contribution is -2.32. The van der Waals surface area contributed by atoms with E-state index >= 15 is 0 Å². The van der Waals surface area contributed by atoms with E-state index in [0.29, 0.717) is 11.7 Å². The molecule has 5 heteroatoms. The molecule has 4 nitrogen and oxygen atoms in total. The number of thiocarbonyl (C=S) groups is 1. The van der Waals surface area contributed by atoms with Crippen molar-refractivity contribution < 1.29 is 4.74 Å². The lowest BCUT2D eigenvalue weighted by molar-refractivity contribution is 0.317. The number of hydrogen-bond acceptors (Lipinski definition) is 3. The van der Waals surface area contributed by atoms with Gasteiger partial charge in [-0.25, -0.2) is 0 Å². The van der Waals surface area contributed by atoms with Crippen molar-refractivity contribution >= 4 is 23.0 Å². The predicted molar refractivity (Wildman–Crippen MR) is 88.4 cm³/mol. The minimum absolute atomic E-state index is 0.479. The maximum Gasteiger partial charge on any atom is 0.187 e. The fourth-order valence-electron chi connectivity index (χ4n) is 1.42. The van der Waals surface area contributed by atoms with Crippen LogP contribution in [0.3, 0.4) is 0 Å². The monoisotopic (exact) mass is 291 g/mol. The van der Waals surface area contributed by atoms with Gasteiger partial charge in [-0.2, -0.15) is 5.10 Å². The molecule has 0 heterocycles. The second kappa shape index (κ2) is 9.09. The summed E-state index contributed by atoms with van der Waals surface area (Å²) in [6.07, 6.45) is 2.74. The molecule has 0 radical (unpaired) electrons. The van der Waals surface area contributed by atoms with Gasteiger partial charge >= 0.3 is 0 Å². The van der Waals surface area contributed by atoms with Gasteiger partial charge in [0.05, 0.1) is 12.3 Å². The van der Waals surface area contributed by atoms with Gasteiger partial charge in [0.1, 0.15) is 5.75 Å². The summed E-state index contributed by atoms with van der Waals surface area (Å²) in [4.78, 5) is 0. The van der Waals surface area contributed by atoms with Crippen LogP contribution >= 0.6 is 12.2 Å². The fourth-order valence-corrected chi connectivity index (χ4v) is 1.54. The highest BCUT2D eigenvalue weighted by atomic mass is 32.1. The van der Waals surface area contributed by atoms with Gasteiger partial charge in [-0.1, -0.05) is 13.0 Å². The van der Waals surface area contributed by atoms with Crippen molar-refractivity contribution in [1.29, 1.82) is 0 Å². The van der Waals surface area contributed by atoms with E-state index in [1.807, 2.05) is 31.2 Å². The van der Waals surface area contributed by atoms with Gasteiger partial charge in [-0.05, 0) is 55.4 Å². The van der Waals surface area contributed by atoms with Gasteiger partial charge in [-0.3, -0.25) is 5.43 Å². The van der Waals surface area contributed by atoms with Gasteiger partial charge in [0, 0.05) is 6.54 Å². The molecule has 1 rings (SSSR count). The Morgan fingerprint density at radius 2 is 2.10 bits per heavy atom. The molecule has 0 aliphatic rings. The molecule has 0 saturated heterocycles. The molecular formula is C15H21N3OS. The Balaban J connectivity index is 2.55. The van der Waals surface area contributed by atoms with Crippen molar-refractivity contribution in [2.75, 3.05) is 13.2 Å². The van der Waals surface area contributed by atoms with E-state index in [4.69, 9.17) is 17.0 Å². The maximum absolute atomic E-state index is 5.54.